The van der Waals surface area contributed by atoms with E-state index < -0.39 is 0 Å². The number of benzene rings is 9. The average Bonchev–Trinajstić information content (AvgIpc) is 3.76. The van der Waals surface area contributed by atoms with Gasteiger partial charge in [-0.3, -0.25) is 0 Å². The Kier molecular flexibility index (Phi) is 6.28. The molecule has 0 aliphatic heterocycles. The highest BCUT2D eigenvalue weighted by Crippen LogP contribution is 2.46. The lowest BCUT2D eigenvalue weighted by Gasteiger charge is -2.19. The minimum atomic E-state index is 0.881. The van der Waals surface area contributed by atoms with Gasteiger partial charge in [0.2, 0.25) is 0 Å². The van der Waals surface area contributed by atoms with Gasteiger partial charge in [-0.15, -0.1) is 0 Å². The van der Waals surface area contributed by atoms with Crippen LogP contribution in [0.5, 0.6) is 0 Å². The predicted molar refractivity (Wildman–Crippen MR) is 219 cm³/mol. The van der Waals surface area contributed by atoms with E-state index in [4.69, 9.17) is 4.42 Å². The summed E-state index contributed by atoms with van der Waals surface area (Å²) in [6.45, 7) is 0. The van der Waals surface area contributed by atoms with Gasteiger partial charge in [-0.2, -0.15) is 0 Å². The number of para-hydroxylation sites is 3. The Morgan fingerprint density at radius 2 is 0.808 bits per heavy atom. The second-order valence-corrected chi connectivity index (χ2v) is 13.6. The standard InChI is InChI=1S/C50H31NO/c1-2-15-32(16-3-1)47-38-21-4-6-23-40(38)48(41-24-7-5-22-39(41)47)34-18-14-17-33(31-34)35-29-30-46-49(42-25-10-13-28-45(42)52-46)50(35)51-43-26-11-8-19-36(43)37-20-9-12-27-44(37)51/h1-31H. The summed E-state index contributed by atoms with van der Waals surface area (Å²) >= 11 is 0. The largest absolute Gasteiger partial charge is 0.456 e. The zero-order valence-electron chi connectivity index (χ0n) is 28.3. The van der Waals surface area contributed by atoms with Gasteiger partial charge in [-0.05, 0) is 85.8 Å². The topological polar surface area (TPSA) is 18.1 Å². The van der Waals surface area contributed by atoms with E-state index in [9.17, 15) is 0 Å². The van der Waals surface area contributed by atoms with E-state index in [2.05, 4.69) is 187 Å². The maximum absolute atomic E-state index is 6.53. The van der Waals surface area contributed by atoms with Crippen LogP contribution in [0.2, 0.25) is 0 Å². The molecule has 0 fully saturated rings. The molecule has 0 N–H and O–H groups in total. The lowest BCUT2D eigenvalue weighted by atomic mass is 9.85. The molecule has 2 heteroatoms. The highest BCUT2D eigenvalue weighted by atomic mass is 16.3. The summed E-state index contributed by atoms with van der Waals surface area (Å²) in [7, 11) is 0. The molecule has 0 unspecified atom stereocenters. The molecule has 0 aliphatic carbocycles. The molecule has 0 saturated heterocycles. The van der Waals surface area contributed by atoms with Crippen molar-refractivity contribution in [2.75, 3.05) is 0 Å². The third-order valence-corrected chi connectivity index (χ3v) is 10.8. The molecule has 9 aromatic carbocycles. The molecule has 0 bridgehead atoms. The van der Waals surface area contributed by atoms with Crippen LogP contribution in [0.1, 0.15) is 0 Å². The van der Waals surface area contributed by atoms with Crippen LogP contribution in [0.25, 0.3) is 104 Å². The highest BCUT2D eigenvalue weighted by Gasteiger charge is 2.23. The Hall–Kier alpha value is -6.90. The maximum Gasteiger partial charge on any atom is 0.137 e. The van der Waals surface area contributed by atoms with E-state index in [0.29, 0.717) is 0 Å². The molecule has 242 valence electrons. The molecule has 52 heavy (non-hydrogen) atoms. The van der Waals surface area contributed by atoms with E-state index in [1.165, 1.54) is 65.6 Å². The molecule has 2 heterocycles. The SMILES string of the molecule is c1ccc(-c2c3ccccc3c(-c3cccc(-c4ccc5oc6ccccc6c5c4-n4c5ccccc5c5ccccc54)c3)c3ccccc23)cc1. The summed E-state index contributed by atoms with van der Waals surface area (Å²) in [5.41, 5.74) is 12.5. The van der Waals surface area contributed by atoms with Crippen LogP contribution in [-0.4, -0.2) is 4.57 Å². The zero-order chi connectivity index (χ0) is 34.2. The maximum atomic E-state index is 6.53. The normalized spacial score (nSPS) is 11.8. The van der Waals surface area contributed by atoms with Crippen molar-refractivity contribution in [2.45, 2.75) is 0 Å². The van der Waals surface area contributed by atoms with Crippen molar-refractivity contribution < 1.29 is 4.42 Å². The van der Waals surface area contributed by atoms with Crippen LogP contribution in [0.15, 0.2) is 192 Å². The van der Waals surface area contributed by atoms with Crippen molar-refractivity contribution in [3.63, 3.8) is 0 Å². The van der Waals surface area contributed by atoms with E-state index in [1.54, 1.807) is 0 Å². The summed E-state index contributed by atoms with van der Waals surface area (Å²) in [5, 5.41) is 9.70. The lowest BCUT2D eigenvalue weighted by molar-refractivity contribution is 0.669. The summed E-state index contributed by atoms with van der Waals surface area (Å²) in [6.07, 6.45) is 0. The van der Waals surface area contributed by atoms with Gasteiger partial charge in [-0.25, -0.2) is 0 Å². The average molecular weight is 662 g/mol. The van der Waals surface area contributed by atoms with Gasteiger partial charge in [-0.1, -0.05) is 152 Å². The van der Waals surface area contributed by atoms with Crippen LogP contribution in [0, 0.1) is 0 Å². The lowest BCUT2D eigenvalue weighted by Crippen LogP contribution is -1.98. The number of hydrogen-bond donors (Lipinski definition) is 0. The van der Waals surface area contributed by atoms with Gasteiger partial charge < -0.3 is 8.98 Å². The highest BCUT2D eigenvalue weighted by molar-refractivity contribution is 6.22. The van der Waals surface area contributed by atoms with Gasteiger partial charge in [0, 0.05) is 21.7 Å². The zero-order valence-corrected chi connectivity index (χ0v) is 28.3. The van der Waals surface area contributed by atoms with E-state index in [0.717, 1.165) is 38.8 Å². The quantitative estimate of drug-likeness (QED) is 0.172. The molecule has 0 saturated carbocycles. The first-order chi connectivity index (χ1) is 25.8. The minimum Gasteiger partial charge on any atom is -0.456 e. The van der Waals surface area contributed by atoms with Gasteiger partial charge in [0.15, 0.2) is 0 Å². The first-order valence-electron chi connectivity index (χ1n) is 17.9. The molecule has 0 radical (unpaired) electrons. The first kappa shape index (κ1) is 28.9. The van der Waals surface area contributed by atoms with Crippen LogP contribution in [0.4, 0.5) is 0 Å². The first-order valence-corrected chi connectivity index (χ1v) is 17.9. The summed E-state index contributed by atoms with van der Waals surface area (Å²) in [5.74, 6) is 0. The third kappa shape index (κ3) is 4.19. The molecule has 0 atom stereocenters. The Bertz CT molecular complexity index is 3070. The molecule has 0 spiro atoms. The second-order valence-electron chi connectivity index (χ2n) is 13.6. The molecule has 0 amide bonds. The fourth-order valence-electron chi connectivity index (χ4n) is 8.62. The Labute approximate surface area is 300 Å². The van der Waals surface area contributed by atoms with Crippen LogP contribution in [-0.2, 0) is 0 Å². The predicted octanol–water partition coefficient (Wildman–Crippen LogP) is 14.0. The Balaban J connectivity index is 1.24. The number of furan rings is 1. The molecule has 11 aromatic rings. The number of rotatable bonds is 4. The van der Waals surface area contributed by atoms with Crippen molar-refractivity contribution in [2.24, 2.45) is 0 Å². The second kappa shape index (κ2) is 11.3. The fraction of sp³-hybridized carbons (Fsp3) is 0. The van der Waals surface area contributed by atoms with Crippen molar-refractivity contribution in [3.05, 3.63) is 188 Å². The Morgan fingerprint density at radius 3 is 1.44 bits per heavy atom. The molecular weight excluding hydrogens is 631 g/mol. The summed E-state index contributed by atoms with van der Waals surface area (Å²) in [6, 6.07) is 68.0. The summed E-state index contributed by atoms with van der Waals surface area (Å²) < 4.78 is 8.98. The van der Waals surface area contributed by atoms with Crippen LogP contribution >= 0.6 is 0 Å². The minimum absolute atomic E-state index is 0.881. The molecule has 11 rings (SSSR count). The van der Waals surface area contributed by atoms with E-state index >= 15 is 0 Å². The Morgan fingerprint density at radius 1 is 0.327 bits per heavy atom. The van der Waals surface area contributed by atoms with Crippen LogP contribution in [0.3, 0.4) is 0 Å². The van der Waals surface area contributed by atoms with Crippen LogP contribution < -0.4 is 0 Å². The number of aromatic nitrogens is 1. The summed E-state index contributed by atoms with van der Waals surface area (Å²) in [4.78, 5) is 0. The molecule has 0 aliphatic rings. The van der Waals surface area contributed by atoms with Gasteiger partial charge in [0.1, 0.15) is 11.2 Å². The number of hydrogen-bond acceptors (Lipinski definition) is 1. The number of nitrogens with zero attached hydrogens (tertiary/aromatic N) is 1. The van der Waals surface area contributed by atoms with E-state index in [1.807, 2.05) is 6.07 Å². The monoisotopic (exact) mass is 661 g/mol. The van der Waals surface area contributed by atoms with Crippen molar-refractivity contribution in [3.8, 4) is 39.1 Å². The third-order valence-electron chi connectivity index (χ3n) is 10.8. The molecular formula is C50H31NO. The number of fused-ring (bicyclic) bond motifs is 8. The molecule has 2 nitrogen and oxygen atoms in total. The molecule has 2 aromatic heterocycles. The van der Waals surface area contributed by atoms with E-state index in [-0.39, 0.29) is 0 Å². The van der Waals surface area contributed by atoms with Crippen molar-refractivity contribution in [1.82, 2.24) is 4.57 Å². The smallest absolute Gasteiger partial charge is 0.137 e. The van der Waals surface area contributed by atoms with Gasteiger partial charge >= 0.3 is 0 Å². The van der Waals surface area contributed by atoms with Gasteiger partial charge in [0.25, 0.3) is 0 Å². The van der Waals surface area contributed by atoms with Crippen molar-refractivity contribution >= 4 is 65.3 Å². The van der Waals surface area contributed by atoms with Gasteiger partial charge in [0.05, 0.1) is 22.1 Å². The van der Waals surface area contributed by atoms with Crippen molar-refractivity contribution in [1.29, 1.82) is 0 Å². The fourth-order valence-corrected chi connectivity index (χ4v) is 8.62.